The van der Waals surface area contributed by atoms with E-state index in [4.69, 9.17) is 4.74 Å². The highest BCUT2D eigenvalue weighted by molar-refractivity contribution is 5.90. The molecule has 1 aliphatic rings. The molecule has 166 valence electrons. The molecule has 2 aromatic carbocycles. The van der Waals surface area contributed by atoms with Gasteiger partial charge in [-0.3, -0.25) is 15.0 Å². The predicted molar refractivity (Wildman–Crippen MR) is 115 cm³/mol. The zero-order valence-corrected chi connectivity index (χ0v) is 17.5. The van der Waals surface area contributed by atoms with E-state index in [9.17, 15) is 14.0 Å². The first-order valence-corrected chi connectivity index (χ1v) is 10.2. The van der Waals surface area contributed by atoms with E-state index in [-0.39, 0.29) is 19.0 Å². The number of anilines is 1. The molecular formula is C22H23FN6O3. The van der Waals surface area contributed by atoms with Gasteiger partial charge in [-0.2, -0.15) is 0 Å². The number of rotatable bonds is 8. The van der Waals surface area contributed by atoms with Crippen molar-refractivity contribution >= 4 is 17.7 Å². The van der Waals surface area contributed by atoms with Crippen molar-refractivity contribution < 1.29 is 18.7 Å². The van der Waals surface area contributed by atoms with Crippen LogP contribution in [0.1, 0.15) is 12.5 Å². The van der Waals surface area contributed by atoms with Crippen LogP contribution in [0.15, 0.2) is 54.9 Å². The molecule has 1 saturated heterocycles. The second-order valence-electron chi connectivity index (χ2n) is 7.44. The number of cyclic esters (lactones) is 1. The van der Waals surface area contributed by atoms with Gasteiger partial charge in [0.2, 0.25) is 5.91 Å². The highest BCUT2D eigenvalue weighted by Gasteiger charge is 2.32. The molecule has 0 aliphatic carbocycles. The molecule has 9 nitrogen and oxygen atoms in total. The lowest BCUT2D eigenvalue weighted by molar-refractivity contribution is -0.119. The first-order chi connectivity index (χ1) is 15.5. The Morgan fingerprint density at radius 3 is 2.75 bits per heavy atom. The van der Waals surface area contributed by atoms with E-state index in [1.807, 2.05) is 24.3 Å². The van der Waals surface area contributed by atoms with E-state index < -0.39 is 18.0 Å². The van der Waals surface area contributed by atoms with Crippen molar-refractivity contribution in [1.29, 1.82) is 0 Å². The first-order valence-electron chi connectivity index (χ1n) is 10.2. The van der Waals surface area contributed by atoms with E-state index in [0.29, 0.717) is 24.5 Å². The molecule has 0 unspecified atom stereocenters. The second-order valence-corrected chi connectivity index (χ2v) is 7.44. The highest BCUT2D eigenvalue weighted by atomic mass is 19.1. The summed E-state index contributed by atoms with van der Waals surface area (Å²) in [4.78, 5) is 24.6. The molecule has 2 amide bonds. The van der Waals surface area contributed by atoms with Crippen LogP contribution in [0, 0.1) is 5.82 Å². The van der Waals surface area contributed by atoms with Gasteiger partial charge in [0.25, 0.3) is 0 Å². The van der Waals surface area contributed by atoms with Gasteiger partial charge < -0.3 is 10.1 Å². The van der Waals surface area contributed by atoms with Gasteiger partial charge in [-0.25, -0.2) is 13.9 Å². The fourth-order valence-corrected chi connectivity index (χ4v) is 3.44. The van der Waals surface area contributed by atoms with E-state index in [2.05, 4.69) is 20.9 Å². The number of amides is 2. The lowest BCUT2D eigenvalue weighted by Gasteiger charge is -2.15. The van der Waals surface area contributed by atoms with Crippen LogP contribution < -0.4 is 15.5 Å². The first kappa shape index (κ1) is 21.4. The third-order valence-electron chi connectivity index (χ3n) is 5.06. The molecule has 1 aliphatic heterocycles. The van der Waals surface area contributed by atoms with Gasteiger partial charge in [-0.05, 0) is 29.3 Å². The number of nitrogens with one attached hydrogen (secondary N) is 2. The van der Waals surface area contributed by atoms with Gasteiger partial charge in [-0.15, -0.1) is 5.10 Å². The molecule has 32 heavy (non-hydrogen) atoms. The molecule has 10 heteroatoms. The maximum absolute atomic E-state index is 14.9. The number of carbonyl (C=O) groups excluding carboxylic acids is 2. The zero-order valence-electron chi connectivity index (χ0n) is 17.5. The molecule has 1 fully saturated rings. The van der Waals surface area contributed by atoms with Crippen LogP contribution >= 0.6 is 0 Å². The average molecular weight is 438 g/mol. The van der Waals surface area contributed by atoms with Crippen molar-refractivity contribution in [3.05, 3.63) is 66.2 Å². The molecule has 1 atom stereocenters. The quantitative estimate of drug-likeness (QED) is 0.560. The Balaban J connectivity index is 1.38. The minimum Gasteiger partial charge on any atom is -0.442 e. The Morgan fingerprint density at radius 2 is 2.06 bits per heavy atom. The topological polar surface area (TPSA) is 101 Å². The summed E-state index contributed by atoms with van der Waals surface area (Å²) < 4.78 is 21.8. The normalized spacial score (nSPS) is 15.6. The molecule has 1 aromatic heterocycles. The van der Waals surface area contributed by atoms with E-state index in [1.165, 1.54) is 17.9 Å². The van der Waals surface area contributed by atoms with Crippen LogP contribution in [-0.4, -0.2) is 46.2 Å². The van der Waals surface area contributed by atoms with Crippen molar-refractivity contribution in [3.8, 4) is 11.1 Å². The average Bonchev–Trinajstić information content (AvgIpc) is 3.42. The largest absolute Gasteiger partial charge is 0.442 e. The second kappa shape index (κ2) is 9.56. The maximum Gasteiger partial charge on any atom is 0.414 e. The summed E-state index contributed by atoms with van der Waals surface area (Å²) in [5.74, 6) is -0.635. The number of nitrogens with zero attached hydrogens (tertiary/aromatic N) is 4. The summed E-state index contributed by atoms with van der Waals surface area (Å²) in [6.07, 6.45) is 2.36. The molecule has 2 N–H and O–H groups in total. The van der Waals surface area contributed by atoms with Crippen LogP contribution in [0.2, 0.25) is 0 Å². The van der Waals surface area contributed by atoms with Gasteiger partial charge >= 0.3 is 6.09 Å². The summed E-state index contributed by atoms with van der Waals surface area (Å²) in [7, 11) is 0. The van der Waals surface area contributed by atoms with Crippen LogP contribution in [-0.2, 0) is 22.7 Å². The lowest BCUT2D eigenvalue weighted by atomic mass is 10.0. The smallest absolute Gasteiger partial charge is 0.414 e. The van der Waals surface area contributed by atoms with Gasteiger partial charge in [-0.1, -0.05) is 29.5 Å². The van der Waals surface area contributed by atoms with Crippen molar-refractivity contribution in [1.82, 2.24) is 25.6 Å². The number of hydrogen-bond acceptors (Lipinski definition) is 6. The van der Waals surface area contributed by atoms with Crippen LogP contribution in [0.3, 0.4) is 0 Å². The number of halogens is 1. The van der Waals surface area contributed by atoms with Crippen LogP contribution in [0.25, 0.3) is 11.1 Å². The van der Waals surface area contributed by atoms with E-state index in [1.54, 1.807) is 29.2 Å². The number of benzene rings is 2. The minimum absolute atomic E-state index is 0.202. The summed E-state index contributed by atoms with van der Waals surface area (Å²) in [6, 6.07) is 12.2. The fraction of sp³-hybridized carbons (Fsp3) is 0.273. The monoisotopic (exact) mass is 438 g/mol. The Hall–Kier alpha value is -3.79. The molecule has 0 saturated carbocycles. The molecule has 0 bridgehead atoms. The number of hydrogen-bond donors (Lipinski definition) is 2. The Bertz CT molecular complexity index is 1090. The van der Waals surface area contributed by atoms with Crippen molar-refractivity contribution in [2.24, 2.45) is 0 Å². The third-order valence-corrected chi connectivity index (χ3v) is 5.06. The summed E-state index contributed by atoms with van der Waals surface area (Å²) in [5, 5.41) is 13.5. The lowest BCUT2D eigenvalue weighted by Crippen LogP contribution is -2.33. The Morgan fingerprint density at radius 1 is 1.25 bits per heavy atom. The minimum atomic E-state index is -0.560. The zero-order chi connectivity index (χ0) is 22.5. The maximum atomic E-state index is 14.9. The molecule has 4 rings (SSSR count). The molecular weight excluding hydrogens is 415 g/mol. The number of ether oxygens (including phenoxy) is 1. The third kappa shape index (κ3) is 5.09. The predicted octanol–water partition coefficient (Wildman–Crippen LogP) is 2.29. The van der Waals surface area contributed by atoms with E-state index >= 15 is 0 Å². The SMILES string of the molecule is CC(=O)NC[C@H]1CN(c2ccc(-c3ccc(CNCn4ccnn4)cc3)c(F)c2)C(=O)O1. The number of aromatic nitrogens is 3. The molecule has 0 radical (unpaired) electrons. The Labute approximate surface area is 184 Å². The summed E-state index contributed by atoms with van der Waals surface area (Å²) in [5.41, 5.74) is 2.64. The van der Waals surface area contributed by atoms with Gasteiger partial charge in [0.1, 0.15) is 11.9 Å². The van der Waals surface area contributed by atoms with Crippen LogP contribution in [0.5, 0.6) is 0 Å². The molecule has 2 heterocycles. The van der Waals surface area contributed by atoms with Gasteiger partial charge in [0, 0.05) is 25.2 Å². The van der Waals surface area contributed by atoms with Crippen molar-refractivity contribution in [2.75, 3.05) is 18.0 Å². The van der Waals surface area contributed by atoms with Gasteiger partial charge in [0.15, 0.2) is 0 Å². The van der Waals surface area contributed by atoms with Crippen LogP contribution in [0.4, 0.5) is 14.9 Å². The highest BCUT2D eigenvalue weighted by Crippen LogP contribution is 2.29. The van der Waals surface area contributed by atoms with Crippen molar-refractivity contribution in [3.63, 3.8) is 0 Å². The Kier molecular flexibility index (Phi) is 6.41. The standard InChI is InChI=1S/C22H23FN6O3/c1-15(30)25-12-19-13-29(22(31)32-19)18-6-7-20(21(23)10-18)17-4-2-16(3-5-17)11-24-14-28-9-8-26-27-28/h2-10,19,24H,11-14H2,1H3,(H,25,30)/t19-/m0/s1. The summed E-state index contributed by atoms with van der Waals surface area (Å²) in [6.45, 7) is 3.04. The van der Waals surface area contributed by atoms with E-state index in [0.717, 1.165) is 11.1 Å². The summed E-state index contributed by atoms with van der Waals surface area (Å²) >= 11 is 0. The molecule has 0 spiro atoms. The number of carbonyl (C=O) groups is 2. The molecule has 3 aromatic rings. The van der Waals surface area contributed by atoms with Gasteiger partial charge in [0.05, 0.1) is 31.6 Å². The van der Waals surface area contributed by atoms with Crippen molar-refractivity contribution in [2.45, 2.75) is 26.2 Å². The fourth-order valence-electron chi connectivity index (χ4n) is 3.44.